The Kier molecular flexibility index (Phi) is 3.37. The molecule has 1 atom stereocenters. The average molecular weight is 243 g/mol. The van der Waals surface area contributed by atoms with E-state index in [1.54, 1.807) is 0 Å². The van der Waals surface area contributed by atoms with E-state index in [-0.39, 0.29) is 0 Å². The monoisotopic (exact) mass is 243 g/mol. The van der Waals surface area contributed by atoms with Gasteiger partial charge < -0.3 is 9.73 Å². The van der Waals surface area contributed by atoms with E-state index in [9.17, 15) is 0 Å². The van der Waals surface area contributed by atoms with Crippen LogP contribution in [0.25, 0.3) is 11.0 Å². The van der Waals surface area contributed by atoms with E-state index < -0.39 is 0 Å². The molecule has 1 aliphatic carbocycles. The third-order valence-electron chi connectivity index (χ3n) is 3.81. The van der Waals surface area contributed by atoms with Crippen molar-refractivity contribution in [3.8, 4) is 0 Å². The van der Waals surface area contributed by atoms with Crippen molar-refractivity contribution in [2.45, 2.75) is 38.6 Å². The lowest BCUT2D eigenvalue weighted by atomic mass is 10.2. The Morgan fingerprint density at radius 3 is 2.94 bits per heavy atom. The number of hydrogen-bond acceptors (Lipinski definition) is 2. The molecule has 1 saturated carbocycles. The molecule has 2 nitrogen and oxygen atoms in total. The summed E-state index contributed by atoms with van der Waals surface area (Å²) in [5.41, 5.74) is 0.985. The van der Waals surface area contributed by atoms with Crippen molar-refractivity contribution >= 4 is 11.0 Å². The molecule has 0 saturated heterocycles. The Labute approximate surface area is 108 Å². The van der Waals surface area contributed by atoms with E-state index >= 15 is 0 Å². The molecule has 96 valence electrons. The second-order valence-electron chi connectivity index (χ2n) is 5.45. The Morgan fingerprint density at radius 2 is 2.17 bits per heavy atom. The van der Waals surface area contributed by atoms with E-state index in [0.29, 0.717) is 6.04 Å². The highest BCUT2D eigenvalue weighted by molar-refractivity contribution is 5.77. The molecule has 0 aliphatic heterocycles. The highest BCUT2D eigenvalue weighted by Gasteiger charge is 2.20. The van der Waals surface area contributed by atoms with Crippen molar-refractivity contribution in [1.82, 2.24) is 5.32 Å². The van der Waals surface area contributed by atoms with Crippen LogP contribution in [0.5, 0.6) is 0 Å². The van der Waals surface area contributed by atoms with Crippen LogP contribution in [0.1, 0.15) is 44.4 Å². The maximum atomic E-state index is 5.86. The van der Waals surface area contributed by atoms with Gasteiger partial charge in [0.05, 0.1) is 6.04 Å². The van der Waals surface area contributed by atoms with Crippen LogP contribution >= 0.6 is 0 Å². The molecule has 3 rings (SSSR count). The van der Waals surface area contributed by atoms with E-state index in [0.717, 1.165) is 23.8 Å². The van der Waals surface area contributed by atoms with Gasteiger partial charge in [0.25, 0.3) is 0 Å². The number of nitrogens with one attached hydrogen (secondary N) is 1. The first-order valence-corrected chi connectivity index (χ1v) is 7.05. The summed E-state index contributed by atoms with van der Waals surface area (Å²) in [5, 5.41) is 4.74. The molecule has 1 aromatic carbocycles. The molecule has 1 unspecified atom stereocenters. The third-order valence-corrected chi connectivity index (χ3v) is 3.81. The maximum absolute atomic E-state index is 5.86. The topological polar surface area (TPSA) is 25.2 Å². The maximum Gasteiger partial charge on any atom is 0.134 e. The fraction of sp³-hybridized carbons (Fsp3) is 0.500. The first kappa shape index (κ1) is 11.8. The van der Waals surface area contributed by atoms with Crippen molar-refractivity contribution in [3.05, 3.63) is 36.1 Å². The molecule has 0 amide bonds. The van der Waals surface area contributed by atoms with Gasteiger partial charge in [-0.3, -0.25) is 0 Å². The van der Waals surface area contributed by atoms with Crippen molar-refractivity contribution in [2.75, 3.05) is 6.54 Å². The normalized spacial score (nSPS) is 17.2. The van der Waals surface area contributed by atoms with Gasteiger partial charge in [-0.05, 0) is 44.4 Å². The summed E-state index contributed by atoms with van der Waals surface area (Å²) in [6, 6.07) is 10.6. The molecular formula is C16H21NO. The quantitative estimate of drug-likeness (QED) is 0.766. The number of hydrogen-bond donors (Lipinski definition) is 1. The zero-order valence-electron chi connectivity index (χ0n) is 11.0. The molecular weight excluding hydrogens is 222 g/mol. The van der Waals surface area contributed by atoms with Crippen molar-refractivity contribution in [3.63, 3.8) is 0 Å². The number of furan rings is 1. The van der Waals surface area contributed by atoms with Crippen LogP contribution in [0.4, 0.5) is 0 Å². The van der Waals surface area contributed by atoms with E-state index in [2.05, 4.69) is 30.4 Å². The second-order valence-corrected chi connectivity index (χ2v) is 5.45. The average Bonchev–Trinajstić information content (AvgIpc) is 3.10. The van der Waals surface area contributed by atoms with E-state index in [1.165, 1.54) is 31.1 Å². The predicted molar refractivity (Wildman–Crippen MR) is 74.6 cm³/mol. The first-order valence-electron chi connectivity index (χ1n) is 7.05. The van der Waals surface area contributed by atoms with Crippen LogP contribution in [0.2, 0.25) is 0 Å². The summed E-state index contributed by atoms with van der Waals surface area (Å²) in [6.07, 6.45) is 5.59. The standard InChI is InChI=1S/C16H21NO/c1-12(17-10-4-5-13-8-9-13)16-11-14-6-2-3-7-15(14)18-16/h2-3,6-7,11-13,17H,4-5,8-10H2,1H3. The summed E-state index contributed by atoms with van der Waals surface area (Å²) in [4.78, 5) is 0. The molecule has 1 aliphatic rings. The number of fused-ring (bicyclic) bond motifs is 1. The zero-order chi connectivity index (χ0) is 12.4. The molecule has 0 spiro atoms. The molecule has 2 heteroatoms. The Hall–Kier alpha value is -1.28. The molecule has 1 N–H and O–H groups in total. The van der Waals surface area contributed by atoms with Gasteiger partial charge in [-0.25, -0.2) is 0 Å². The Morgan fingerprint density at radius 1 is 1.33 bits per heavy atom. The van der Waals surface area contributed by atoms with Gasteiger partial charge in [-0.2, -0.15) is 0 Å². The highest BCUT2D eigenvalue weighted by atomic mass is 16.3. The Bertz CT molecular complexity index is 480. The molecule has 0 radical (unpaired) electrons. The minimum absolute atomic E-state index is 0.302. The minimum Gasteiger partial charge on any atom is -0.459 e. The number of rotatable bonds is 6. The van der Waals surface area contributed by atoms with E-state index in [1.807, 2.05) is 12.1 Å². The minimum atomic E-state index is 0.302. The van der Waals surface area contributed by atoms with Gasteiger partial charge >= 0.3 is 0 Å². The van der Waals surface area contributed by atoms with Crippen LogP contribution < -0.4 is 5.32 Å². The van der Waals surface area contributed by atoms with Crippen molar-refractivity contribution < 1.29 is 4.42 Å². The predicted octanol–water partition coefficient (Wildman–Crippen LogP) is 4.27. The van der Waals surface area contributed by atoms with Crippen molar-refractivity contribution in [1.29, 1.82) is 0 Å². The van der Waals surface area contributed by atoms with Crippen molar-refractivity contribution in [2.24, 2.45) is 5.92 Å². The van der Waals surface area contributed by atoms with Crippen LogP contribution in [0, 0.1) is 5.92 Å². The van der Waals surface area contributed by atoms with Gasteiger partial charge in [0.1, 0.15) is 11.3 Å². The van der Waals surface area contributed by atoms with Crippen LogP contribution in [0.3, 0.4) is 0 Å². The lowest BCUT2D eigenvalue weighted by Crippen LogP contribution is -2.19. The smallest absolute Gasteiger partial charge is 0.134 e. The highest BCUT2D eigenvalue weighted by Crippen LogP contribution is 2.33. The van der Waals surface area contributed by atoms with Gasteiger partial charge in [-0.1, -0.05) is 31.0 Å². The fourth-order valence-corrected chi connectivity index (χ4v) is 2.43. The lowest BCUT2D eigenvalue weighted by Gasteiger charge is -2.10. The summed E-state index contributed by atoms with van der Waals surface area (Å²) >= 11 is 0. The summed E-state index contributed by atoms with van der Waals surface area (Å²) in [7, 11) is 0. The molecule has 1 aromatic heterocycles. The second kappa shape index (κ2) is 5.15. The van der Waals surface area contributed by atoms with Crippen LogP contribution in [-0.4, -0.2) is 6.54 Å². The molecule has 0 bridgehead atoms. The fourth-order valence-electron chi connectivity index (χ4n) is 2.43. The largest absolute Gasteiger partial charge is 0.459 e. The van der Waals surface area contributed by atoms with Gasteiger partial charge in [-0.15, -0.1) is 0 Å². The third kappa shape index (κ3) is 2.75. The molecule has 2 aromatic rings. The molecule has 18 heavy (non-hydrogen) atoms. The van der Waals surface area contributed by atoms with Gasteiger partial charge in [0.15, 0.2) is 0 Å². The summed E-state index contributed by atoms with van der Waals surface area (Å²) in [5.74, 6) is 2.08. The number of benzene rings is 1. The van der Waals surface area contributed by atoms with E-state index in [4.69, 9.17) is 4.42 Å². The van der Waals surface area contributed by atoms with Crippen LogP contribution in [0.15, 0.2) is 34.7 Å². The molecule has 1 fully saturated rings. The zero-order valence-corrected chi connectivity index (χ0v) is 11.0. The SMILES string of the molecule is CC(NCCCC1CC1)c1cc2ccccc2o1. The number of para-hydroxylation sites is 1. The van der Waals surface area contributed by atoms with Gasteiger partial charge in [0.2, 0.25) is 0 Å². The first-order chi connectivity index (χ1) is 8.83. The van der Waals surface area contributed by atoms with Crippen LogP contribution in [-0.2, 0) is 0 Å². The molecule has 1 heterocycles. The summed E-state index contributed by atoms with van der Waals surface area (Å²) in [6.45, 7) is 3.27. The van der Waals surface area contributed by atoms with Gasteiger partial charge in [0, 0.05) is 5.39 Å². The summed E-state index contributed by atoms with van der Waals surface area (Å²) < 4.78 is 5.86. The lowest BCUT2D eigenvalue weighted by molar-refractivity contribution is 0.443. The Balaban J connectivity index is 1.55.